The monoisotopic (exact) mass is 367 g/mol. The molecule has 0 radical (unpaired) electrons. The third-order valence-corrected chi connectivity index (χ3v) is 5.00. The number of hydrazone groups is 1. The Morgan fingerprint density at radius 2 is 1.88 bits per heavy atom. The Morgan fingerprint density at radius 3 is 2.68 bits per heavy atom. The highest BCUT2D eigenvalue weighted by atomic mass is 35.5. The predicted molar refractivity (Wildman–Crippen MR) is 104 cm³/mol. The largest absolute Gasteiger partial charge is 0.253 e. The Hall–Kier alpha value is -2.70. The quantitative estimate of drug-likeness (QED) is 0.412. The molecule has 2 aromatic heterocycles. The minimum Gasteiger partial charge on any atom is -0.253 e. The van der Waals surface area contributed by atoms with E-state index < -0.39 is 0 Å². The SMILES string of the molecule is Cc1nn(-c2ccccc2)c(Cl)c1/C=N\Nc1nc2ccccc2s1. The van der Waals surface area contributed by atoms with Gasteiger partial charge in [-0.1, -0.05) is 53.3 Å². The number of nitrogens with zero attached hydrogens (tertiary/aromatic N) is 4. The average molecular weight is 368 g/mol. The molecule has 0 aliphatic heterocycles. The Balaban J connectivity index is 1.58. The van der Waals surface area contributed by atoms with Crippen LogP contribution in [0.2, 0.25) is 5.15 Å². The fourth-order valence-corrected chi connectivity index (χ4v) is 3.61. The van der Waals surface area contributed by atoms with Crippen LogP contribution in [0.15, 0.2) is 59.7 Å². The lowest BCUT2D eigenvalue weighted by atomic mass is 10.3. The maximum atomic E-state index is 6.48. The summed E-state index contributed by atoms with van der Waals surface area (Å²) in [5.41, 5.74) is 6.42. The highest BCUT2D eigenvalue weighted by molar-refractivity contribution is 7.22. The highest BCUT2D eigenvalue weighted by Crippen LogP contribution is 2.26. The minimum absolute atomic E-state index is 0.526. The lowest BCUT2D eigenvalue weighted by Gasteiger charge is -2.01. The van der Waals surface area contributed by atoms with Crippen molar-refractivity contribution in [1.82, 2.24) is 14.8 Å². The van der Waals surface area contributed by atoms with E-state index in [0.717, 1.165) is 32.3 Å². The van der Waals surface area contributed by atoms with Crippen LogP contribution in [0.5, 0.6) is 0 Å². The Morgan fingerprint density at radius 1 is 1.12 bits per heavy atom. The zero-order valence-corrected chi connectivity index (χ0v) is 14.9. The van der Waals surface area contributed by atoms with Crippen LogP contribution in [0, 0.1) is 6.92 Å². The number of halogens is 1. The van der Waals surface area contributed by atoms with Gasteiger partial charge in [0.15, 0.2) is 0 Å². The fraction of sp³-hybridized carbons (Fsp3) is 0.0556. The maximum absolute atomic E-state index is 6.48. The number of aromatic nitrogens is 3. The molecule has 7 heteroatoms. The van der Waals surface area contributed by atoms with E-state index in [1.165, 1.54) is 0 Å². The third-order valence-electron chi connectivity index (χ3n) is 3.70. The van der Waals surface area contributed by atoms with Crippen molar-refractivity contribution in [2.24, 2.45) is 5.10 Å². The molecule has 0 unspecified atom stereocenters. The van der Waals surface area contributed by atoms with E-state index in [-0.39, 0.29) is 0 Å². The predicted octanol–water partition coefficient (Wildman–Crippen LogP) is 4.89. The number of hydrogen-bond acceptors (Lipinski definition) is 5. The summed E-state index contributed by atoms with van der Waals surface area (Å²) >= 11 is 8.03. The Labute approximate surface area is 153 Å². The first-order valence-electron chi connectivity index (χ1n) is 7.67. The summed E-state index contributed by atoms with van der Waals surface area (Å²) in [4.78, 5) is 4.48. The van der Waals surface area contributed by atoms with Gasteiger partial charge < -0.3 is 0 Å². The van der Waals surface area contributed by atoms with Gasteiger partial charge in [0.05, 0.1) is 33.4 Å². The van der Waals surface area contributed by atoms with E-state index in [1.807, 2.05) is 61.5 Å². The van der Waals surface area contributed by atoms with Crippen molar-refractivity contribution >= 4 is 44.5 Å². The fourth-order valence-electron chi connectivity index (χ4n) is 2.47. The van der Waals surface area contributed by atoms with Crippen molar-refractivity contribution in [2.75, 3.05) is 5.43 Å². The van der Waals surface area contributed by atoms with Crippen molar-refractivity contribution < 1.29 is 0 Å². The molecule has 0 saturated heterocycles. The summed E-state index contributed by atoms with van der Waals surface area (Å²) in [5, 5.41) is 10.0. The second-order valence-corrected chi connectivity index (χ2v) is 6.78. The highest BCUT2D eigenvalue weighted by Gasteiger charge is 2.13. The van der Waals surface area contributed by atoms with Gasteiger partial charge in [0.1, 0.15) is 5.15 Å². The number of hydrogen-bond donors (Lipinski definition) is 1. The summed E-state index contributed by atoms with van der Waals surface area (Å²) in [7, 11) is 0. The molecule has 4 aromatic rings. The van der Waals surface area contributed by atoms with Crippen LogP contribution in [0.25, 0.3) is 15.9 Å². The van der Waals surface area contributed by atoms with Gasteiger partial charge in [0.25, 0.3) is 0 Å². The number of para-hydroxylation sites is 2. The third kappa shape index (κ3) is 3.14. The van der Waals surface area contributed by atoms with Crippen molar-refractivity contribution in [2.45, 2.75) is 6.92 Å². The molecule has 0 spiro atoms. The van der Waals surface area contributed by atoms with Crippen molar-refractivity contribution in [1.29, 1.82) is 0 Å². The number of fused-ring (bicyclic) bond motifs is 1. The van der Waals surface area contributed by atoms with Gasteiger partial charge in [0, 0.05) is 0 Å². The zero-order chi connectivity index (χ0) is 17.2. The molecule has 0 amide bonds. The summed E-state index contributed by atoms with van der Waals surface area (Å²) in [6.07, 6.45) is 1.68. The van der Waals surface area contributed by atoms with Gasteiger partial charge in [0.2, 0.25) is 5.13 Å². The van der Waals surface area contributed by atoms with Gasteiger partial charge in [-0.25, -0.2) is 9.67 Å². The van der Waals surface area contributed by atoms with Gasteiger partial charge in [-0.05, 0) is 31.2 Å². The van der Waals surface area contributed by atoms with Crippen LogP contribution in [0.3, 0.4) is 0 Å². The van der Waals surface area contributed by atoms with Crippen molar-refractivity contribution in [3.8, 4) is 5.69 Å². The molecule has 0 fully saturated rings. The molecule has 1 N–H and O–H groups in total. The molecule has 0 aliphatic carbocycles. The second kappa shape index (κ2) is 6.66. The molecule has 0 aliphatic rings. The average Bonchev–Trinajstić information content (AvgIpc) is 3.17. The van der Waals surface area contributed by atoms with E-state index in [4.69, 9.17) is 11.6 Å². The molecular weight excluding hydrogens is 354 g/mol. The molecular formula is C18H14ClN5S. The van der Waals surface area contributed by atoms with E-state index in [1.54, 1.807) is 22.2 Å². The molecule has 124 valence electrons. The van der Waals surface area contributed by atoms with Crippen molar-refractivity contribution in [3.63, 3.8) is 0 Å². The number of benzene rings is 2. The first-order chi connectivity index (χ1) is 12.2. The Bertz CT molecular complexity index is 1020. The number of thiazole rings is 1. The van der Waals surface area contributed by atoms with E-state index in [9.17, 15) is 0 Å². The maximum Gasteiger partial charge on any atom is 0.204 e. The minimum atomic E-state index is 0.526. The molecule has 0 bridgehead atoms. The van der Waals surface area contributed by atoms with Crippen LogP contribution >= 0.6 is 22.9 Å². The second-order valence-electron chi connectivity index (χ2n) is 5.39. The normalized spacial score (nSPS) is 11.4. The molecule has 2 heterocycles. The number of aryl methyl sites for hydroxylation is 1. The van der Waals surface area contributed by atoms with Crippen molar-refractivity contribution in [3.05, 3.63) is 71.0 Å². The first kappa shape index (κ1) is 15.8. The van der Waals surface area contributed by atoms with Crippen LogP contribution in [-0.4, -0.2) is 21.0 Å². The smallest absolute Gasteiger partial charge is 0.204 e. The zero-order valence-electron chi connectivity index (χ0n) is 13.3. The van der Waals surface area contributed by atoms with Crippen LogP contribution in [0.4, 0.5) is 5.13 Å². The molecule has 5 nitrogen and oxygen atoms in total. The molecule has 0 atom stereocenters. The summed E-state index contributed by atoms with van der Waals surface area (Å²) in [6, 6.07) is 17.7. The molecule has 25 heavy (non-hydrogen) atoms. The first-order valence-corrected chi connectivity index (χ1v) is 8.87. The standard InChI is InChI=1S/C18H14ClN5S/c1-12-14(17(19)24(23-12)13-7-3-2-4-8-13)11-20-22-18-21-15-9-5-6-10-16(15)25-18/h2-11H,1H3,(H,21,22)/b20-11-. The lowest BCUT2D eigenvalue weighted by molar-refractivity contribution is 0.863. The van der Waals surface area contributed by atoms with E-state index in [2.05, 4.69) is 20.6 Å². The summed E-state index contributed by atoms with van der Waals surface area (Å²) in [6.45, 7) is 1.91. The van der Waals surface area contributed by atoms with Crippen LogP contribution in [-0.2, 0) is 0 Å². The Kier molecular flexibility index (Phi) is 4.21. The van der Waals surface area contributed by atoms with E-state index in [0.29, 0.717) is 5.15 Å². The number of anilines is 1. The number of nitrogens with one attached hydrogen (secondary N) is 1. The molecule has 4 rings (SSSR count). The number of rotatable bonds is 4. The molecule has 2 aromatic carbocycles. The van der Waals surface area contributed by atoms with Gasteiger partial charge in [-0.2, -0.15) is 10.2 Å². The summed E-state index contributed by atoms with van der Waals surface area (Å²) < 4.78 is 2.82. The van der Waals surface area contributed by atoms with Gasteiger partial charge >= 0.3 is 0 Å². The van der Waals surface area contributed by atoms with Gasteiger partial charge in [-0.3, -0.25) is 5.43 Å². The summed E-state index contributed by atoms with van der Waals surface area (Å²) in [5.74, 6) is 0. The topological polar surface area (TPSA) is 55.1 Å². The lowest BCUT2D eigenvalue weighted by Crippen LogP contribution is -1.96. The van der Waals surface area contributed by atoms with Gasteiger partial charge in [-0.15, -0.1) is 0 Å². The molecule has 0 saturated carbocycles. The van der Waals surface area contributed by atoms with E-state index >= 15 is 0 Å². The van der Waals surface area contributed by atoms with Crippen LogP contribution in [0.1, 0.15) is 11.3 Å². The van der Waals surface area contributed by atoms with Crippen LogP contribution < -0.4 is 5.43 Å².